The summed E-state index contributed by atoms with van der Waals surface area (Å²) in [6, 6.07) is 13.2. The summed E-state index contributed by atoms with van der Waals surface area (Å²) in [4.78, 5) is 11.7. The highest BCUT2D eigenvalue weighted by molar-refractivity contribution is 5.87. The van der Waals surface area contributed by atoms with Gasteiger partial charge in [-0.3, -0.25) is 0 Å². The lowest BCUT2D eigenvalue weighted by Crippen LogP contribution is -2.34. The van der Waals surface area contributed by atoms with Crippen LogP contribution in [0.2, 0.25) is 0 Å². The monoisotopic (exact) mass is 505 g/mol. The zero-order chi connectivity index (χ0) is 25.9. The van der Waals surface area contributed by atoms with Gasteiger partial charge >= 0.3 is 12.3 Å². The second-order valence-electron chi connectivity index (χ2n) is 9.00. The summed E-state index contributed by atoms with van der Waals surface area (Å²) in [6.45, 7) is 2.33. The molecule has 4 rings (SSSR count). The maximum atomic E-state index is 12.4. The van der Waals surface area contributed by atoms with E-state index in [2.05, 4.69) is 22.0 Å². The van der Waals surface area contributed by atoms with Crippen molar-refractivity contribution in [2.75, 3.05) is 7.11 Å². The van der Waals surface area contributed by atoms with Crippen molar-refractivity contribution >= 4 is 5.97 Å². The summed E-state index contributed by atoms with van der Waals surface area (Å²) in [5.74, 6) is -0.688. The van der Waals surface area contributed by atoms with E-state index in [0.29, 0.717) is 31.4 Å². The molecule has 1 heterocycles. The largest absolute Gasteiger partial charge is 0.573 e. The van der Waals surface area contributed by atoms with Crippen molar-refractivity contribution in [3.05, 3.63) is 65.4 Å². The van der Waals surface area contributed by atoms with Gasteiger partial charge in [0, 0.05) is 0 Å². The number of benzene rings is 2. The van der Waals surface area contributed by atoms with Gasteiger partial charge in [-0.05, 0) is 66.5 Å². The standard InChI is InChI=1S/C25H26F3N3O5/c1-24(17-5-9-20(10-6-17)36-25(26,27)28)13-11-19(12-14-24)35-22-21(23(32)33)29-30-31(22)15-16-3-7-18(34-2)8-4-16/h3-10,19H,11-15H2,1-2H3,(H,32,33)/t19-,24-. The third-order valence-electron chi connectivity index (χ3n) is 6.48. The fraction of sp³-hybridized carbons (Fsp3) is 0.400. The maximum Gasteiger partial charge on any atom is 0.573 e. The number of nitrogens with zero attached hydrogens (tertiary/aromatic N) is 3. The van der Waals surface area contributed by atoms with Crippen LogP contribution in [0, 0.1) is 0 Å². The molecule has 1 saturated carbocycles. The molecule has 0 radical (unpaired) electrons. The Balaban J connectivity index is 1.44. The van der Waals surface area contributed by atoms with E-state index in [0.717, 1.165) is 11.1 Å². The van der Waals surface area contributed by atoms with Gasteiger partial charge in [-0.25, -0.2) is 9.48 Å². The molecular weight excluding hydrogens is 479 g/mol. The minimum atomic E-state index is -4.73. The van der Waals surface area contributed by atoms with Gasteiger partial charge in [0.05, 0.1) is 13.7 Å². The lowest BCUT2D eigenvalue weighted by atomic mass is 9.70. The predicted molar refractivity (Wildman–Crippen MR) is 122 cm³/mol. The second kappa shape index (κ2) is 10.1. The first kappa shape index (κ1) is 25.3. The molecule has 3 aromatic rings. The molecule has 1 N–H and O–H groups in total. The Bertz CT molecular complexity index is 1190. The van der Waals surface area contributed by atoms with Crippen molar-refractivity contribution in [3.63, 3.8) is 0 Å². The van der Waals surface area contributed by atoms with Crippen molar-refractivity contribution in [1.82, 2.24) is 15.0 Å². The van der Waals surface area contributed by atoms with Crippen LogP contribution in [-0.4, -0.2) is 45.6 Å². The van der Waals surface area contributed by atoms with Crippen LogP contribution in [0.4, 0.5) is 13.2 Å². The van der Waals surface area contributed by atoms with Crippen LogP contribution in [0.15, 0.2) is 48.5 Å². The topological polar surface area (TPSA) is 95.7 Å². The van der Waals surface area contributed by atoms with Gasteiger partial charge in [-0.1, -0.05) is 36.4 Å². The van der Waals surface area contributed by atoms with Gasteiger partial charge in [-0.15, -0.1) is 18.3 Å². The predicted octanol–water partition coefficient (Wildman–Crippen LogP) is 5.21. The molecule has 1 fully saturated rings. The summed E-state index contributed by atoms with van der Waals surface area (Å²) in [6.07, 6.45) is -2.31. The Morgan fingerprint density at radius 3 is 2.25 bits per heavy atom. The van der Waals surface area contributed by atoms with Crippen LogP contribution in [0.5, 0.6) is 17.4 Å². The molecule has 1 aliphatic carbocycles. The fourth-order valence-corrected chi connectivity index (χ4v) is 4.41. The van der Waals surface area contributed by atoms with Crippen LogP contribution in [-0.2, 0) is 12.0 Å². The molecule has 0 bridgehead atoms. The molecule has 0 spiro atoms. The highest BCUT2D eigenvalue weighted by atomic mass is 19.4. The Morgan fingerprint density at radius 2 is 1.69 bits per heavy atom. The number of halogens is 3. The Kier molecular flexibility index (Phi) is 7.09. The number of hydrogen-bond acceptors (Lipinski definition) is 6. The van der Waals surface area contributed by atoms with Crippen molar-refractivity contribution < 1.29 is 37.3 Å². The third kappa shape index (κ3) is 5.89. The summed E-state index contributed by atoms with van der Waals surface area (Å²) in [7, 11) is 1.57. The first-order valence-electron chi connectivity index (χ1n) is 11.4. The fourth-order valence-electron chi connectivity index (χ4n) is 4.41. The Hall–Kier alpha value is -3.76. The van der Waals surface area contributed by atoms with E-state index in [1.807, 2.05) is 12.1 Å². The normalized spacial score (nSPS) is 20.1. The van der Waals surface area contributed by atoms with Crippen LogP contribution < -0.4 is 14.2 Å². The molecule has 192 valence electrons. The average Bonchev–Trinajstić information content (AvgIpc) is 3.23. The van der Waals surface area contributed by atoms with Gasteiger partial charge < -0.3 is 19.3 Å². The van der Waals surface area contributed by atoms with E-state index in [9.17, 15) is 23.1 Å². The molecule has 0 aliphatic heterocycles. The zero-order valence-corrected chi connectivity index (χ0v) is 19.8. The molecule has 11 heteroatoms. The van der Waals surface area contributed by atoms with Crippen LogP contribution in [0.1, 0.15) is 54.2 Å². The quantitative estimate of drug-likeness (QED) is 0.449. The van der Waals surface area contributed by atoms with E-state index in [-0.39, 0.29) is 35.4 Å². The molecule has 0 unspecified atom stereocenters. The van der Waals surface area contributed by atoms with Gasteiger partial charge in [-0.2, -0.15) is 0 Å². The Labute approximate surface area is 205 Å². The van der Waals surface area contributed by atoms with E-state index < -0.39 is 12.3 Å². The Morgan fingerprint density at radius 1 is 1.08 bits per heavy atom. The van der Waals surface area contributed by atoms with Gasteiger partial charge in [0.2, 0.25) is 11.6 Å². The third-order valence-corrected chi connectivity index (χ3v) is 6.48. The number of rotatable bonds is 8. The molecule has 0 amide bonds. The van der Waals surface area contributed by atoms with Gasteiger partial charge in [0.25, 0.3) is 0 Å². The molecule has 8 nitrogen and oxygen atoms in total. The average molecular weight is 505 g/mol. The number of hydrogen-bond donors (Lipinski definition) is 1. The number of alkyl halides is 3. The number of ether oxygens (including phenoxy) is 3. The first-order valence-corrected chi connectivity index (χ1v) is 11.4. The van der Waals surface area contributed by atoms with Crippen LogP contribution in [0.25, 0.3) is 0 Å². The second-order valence-corrected chi connectivity index (χ2v) is 9.00. The molecule has 1 aromatic heterocycles. The SMILES string of the molecule is COc1ccc(Cn2nnc(C(=O)O)c2O[C@H]2CC[C@](C)(c3ccc(OC(F)(F)F)cc3)CC2)cc1. The summed E-state index contributed by atoms with van der Waals surface area (Å²) >= 11 is 0. The molecular formula is C25H26F3N3O5. The number of carboxylic acids is 1. The molecule has 0 atom stereocenters. The smallest absolute Gasteiger partial charge is 0.497 e. The molecule has 2 aromatic carbocycles. The number of aromatic carboxylic acids is 1. The van der Waals surface area contributed by atoms with E-state index in [4.69, 9.17) is 9.47 Å². The van der Waals surface area contributed by atoms with E-state index >= 15 is 0 Å². The maximum absolute atomic E-state index is 12.4. The first-order chi connectivity index (χ1) is 17.1. The number of aromatic nitrogens is 3. The van der Waals surface area contributed by atoms with Crippen LogP contribution >= 0.6 is 0 Å². The number of carboxylic acid groups (broad SMARTS) is 1. The molecule has 36 heavy (non-hydrogen) atoms. The number of carbonyl (C=O) groups is 1. The molecule has 1 aliphatic rings. The lowest BCUT2D eigenvalue weighted by molar-refractivity contribution is -0.274. The highest BCUT2D eigenvalue weighted by Crippen LogP contribution is 2.41. The van der Waals surface area contributed by atoms with Crippen molar-refractivity contribution in [1.29, 1.82) is 0 Å². The minimum absolute atomic E-state index is 0.0978. The van der Waals surface area contributed by atoms with Gasteiger partial charge in [0.1, 0.15) is 17.6 Å². The lowest BCUT2D eigenvalue weighted by Gasteiger charge is -2.37. The van der Waals surface area contributed by atoms with E-state index in [1.54, 1.807) is 31.4 Å². The van der Waals surface area contributed by atoms with Crippen molar-refractivity contribution in [3.8, 4) is 17.4 Å². The molecule has 0 saturated heterocycles. The summed E-state index contributed by atoms with van der Waals surface area (Å²) < 4.78 is 54.0. The summed E-state index contributed by atoms with van der Waals surface area (Å²) in [5, 5.41) is 17.4. The zero-order valence-electron chi connectivity index (χ0n) is 19.8. The van der Waals surface area contributed by atoms with Crippen molar-refractivity contribution in [2.45, 2.75) is 57.0 Å². The van der Waals surface area contributed by atoms with E-state index in [1.165, 1.54) is 16.8 Å². The van der Waals surface area contributed by atoms with Crippen molar-refractivity contribution in [2.24, 2.45) is 0 Å². The van der Waals surface area contributed by atoms with Gasteiger partial charge in [0.15, 0.2) is 0 Å². The minimum Gasteiger partial charge on any atom is -0.497 e. The number of methoxy groups -OCH3 is 1. The highest BCUT2D eigenvalue weighted by Gasteiger charge is 2.36. The van der Waals surface area contributed by atoms with Crippen LogP contribution in [0.3, 0.4) is 0 Å². The summed E-state index contributed by atoms with van der Waals surface area (Å²) in [5.41, 5.74) is 1.27.